The molecular weight excluding hydrogens is 309 g/mol. The van der Waals surface area contributed by atoms with E-state index in [2.05, 4.69) is 0 Å². The zero-order valence-electron chi connectivity index (χ0n) is 10.9. The van der Waals surface area contributed by atoms with Crippen LogP contribution in [0.15, 0.2) is 54.6 Å². The second-order valence-corrected chi connectivity index (χ2v) is 5.08. The summed E-state index contributed by atoms with van der Waals surface area (Å²) in [6.07, 6.45) is 7.40. The monoisotopic (exact) mass is 319 g/mol. The van der Waals surface area contributed by atoms with Gasteiger partial charge in [-0.15, -0.1) is 0 Å². The van der Waals surface area contributed by atoms with Crippen molar-refractivity contribution < 1.29 is 4.92 Å². The van der Waals surface area contributed by atoms with Crippen molar-refractivity contribution in [3.63, 3.8) is 0 Å². The minimum Gasteiger partial charge on any atom is -0.258 e. The summed E-state index contributed by atoms with van der Waals surface area (Å²) < 4.78 is 0. The molecule has 0 saturated carbocycles. The van der Waals surface area contributed by atoms with E-state index in [1.165, 1.54) is 12.1 Å². The van der Waals surface area contributed by atoms with E-state index in [9.17, 15) is 10.1 Å². The van der Waals surface area contributed by atoms with Gasteiger partial charge in [0, 0.05) is 22.2 Å². The standard InChI is InChI=1S/C16H11Cl2NO2/c17-14-8-7-13(16(18)11-14)4-2-1-3-12-5-9-15(10-6-12)19(20)21/h1-11H/b3-1-,4-2-. The number of rotatable bonds is 4. The number of allylic oxidation sites excluding steroid dienone is 2. The Morgan fingerprint density at radius 3 is 2.24 bits per heavy atom. The molecule has 0 bridgehead atoms. The molecule has 0 fully saturated rings. The van der Waals surface area contributed by atoms with Crippen molar-refractivity contribution in [3.05, 3.63) is 85.9 Å². The molecule has 2 aromatic carbocycles. The predicted molar refractivity (Wildman–Crippen MR) is 87.6 cm³/mol. The van der Waals surface area contributed by atoms with Crippen molar-refractivity contribution in [2.75, 3.05) is 0 Å². The Morgan fingerprint density at radius 2 is 1.62 bits per heavy atom. The molecule has 106 valence electrons. The van der Waals surface area contributed by atoms with E-state index in [1.54, 1.807) is 24.3 Å². The molecular formula is C16H11Cl2NO2. The highest BCUT2D eigenvalue weighted by Gasteiger charge is 2.01. The van der Waals surface area contributed by atoms with Gasteiger partial charge in [-0.1, -0.05) is 53.6 Å². The summed E-state index contributed by atoms with van der Waals surface area (Å²) in [5, 5.41) is 11.7. The van der Waals surface area contributed by atoms with E-state index in [0.29, 0.717) is 10.0 Å². The number of nitrogens with zero attached hydrogens (tertiary/aromatic N) is 1. The molecule has 0 atom stereocenters. The Morgan fingerprint density at radius 1 is 0.952 bits per heavy atom. The van der Waals surface area contributed by atoms with E-state index in [-0.39, 0.29) is 5.69 Å². The number of halogens is 2. The average molecular weight is 320 g/mol. The van der Waals surface area contributed by atoms with Gasteiger partial charge in [-0.2, -0.15) is 0 Å². The molecule has 0 aliphatic carbocycles. The lowest BCUT2D eigenvalue weighted by molar-refractivity contribution is -0.384. The van der Waals surface area contributed by atoms with Crippen molar-refractivity contribution in [3.8, 4) is 0 Å². The van der Waals surface area contributed by atoms with Crippen LogP contribution in [-0.4, -0.2) is 4.92 Å². The van der Waals surface area contributed by atoms with Crippen LogP contribution in [0.25, 0.3) is 12.2 Å². The summed E-state index contributed by atoms with van der Waals surface area (Å²) in [7, 11) is 0. The lowest BCUT2D eigenvalue weighted by Crippen LogP contribution is -1.86. The fourth-order valence-electron chi connectivity index (χ4n) is 1.67. The number of nitro benzene ring substituents is 1. The van der Waals surface area contributed by atoms with Crippen LogP contribution in [0, 0.1) is 10.1 Å². The maximum atomic E-state index is 10.5. The highest BCUT2D eigenvalue weighted by molar-refractivity contribution is 6.35. The molecule has 0 saturated heterocycles. The second kappa shape index (κ2) is 7.07. The first-order chi connectivity index (χ1) is 10.1. The Kier molecular flexibility index (Phi) is 5.14. The quantitative estimate of drug-likeness (QED) is 0.416. The zero-order valence-corrected chi connectivity index (χ0v) is 12.4. The van der Waals surface area contributed by atoms with Crippen LogP contribution in [-0.2, 0) is 0 Å². The van der Waals surface area contributed by atoms with Crippen LogP contribution in [0.1, 0.15) is 11.1 Å². The van der Waals surface area contributed by atoms with Gasteiger partial charge >= 0.3 is 0 Å². The smallest absolute Gasteiger partial charge is 0.258 e. The topological polar surface area (TPSA) is 43.1 Å². The largest absolute Gasteiger partial charge is 0.269 e. The lowest BCUT2D eigenvalue weighted by atomic mass is 10.1. The van der Waals surface area contributed by atoms with Crippen molar-refractivity contribution >= 4 is 41.0 Å². The SMILES string of the molecule is O=[N+]([O-])c1ccc(/C=C\C=C/c2ccc(Cl)cc2Cl)cc1. The third-order valence-corrected chi connectivity index (χ3v) is 3.30. The maximum Gasteiger partial charge on any atom is 0.269 e. The maximum absolute atomic E-state index is 10.5. The van der Waals surface area contributed by atoms with Gasteiger partial charge in [0.15, 0.2) is 0 Å². The summed E-state index contributed by atoms with van der Waals surface area (Å²) in [4.78, 5) is 10.1. The minimum absolute atomic E-state index is 0.0793. The summed E-state index contributed by atoms with van der Waals surface area (Å²) in [5.41, 5.74) is 1.83. The van der Waals surface area contributed by atoms with Gasteiger partial charge < -0.3 is 0 Å². The molecule has 0 radical (unpaired) electrons. The third-order valence-electron chi connectivity index (χ3n) is 2.74. The number of nitro groups is 1. The molecule has 2 rings (SSSR count). The summed E-state index contributed by atoms with van der Waals surface area (Å²) in [6, 6.07) is 11.6. The van der Waals surface area contributed by atoms with Gasteiger partial charge in [0.05, 0.1) is 4.92 Å². The molecule has 0 aliphatic heterocycles. The van der Waals surface area contributed by atoms with Crippen LogP contribution in [0.2, 0.25) is 10.0 Å². The van der Waals surface area contributed by atoms with Crippen LogP contribution >= 0.6 is 23.2 Å². The first-order valence-corrected chi connectivity index (χ1v) is 6.86. The number of hydrogen-bond acceptors (Lipinski definition) is 2. The molecule has 21 heavy (non-hydrogen) atoms. The Labute approximate surface area is 132 Å². The molecule has 2 aromatic rings. The molecule has 0 spiro atoms. The molecule has 5 heteroatoms. The van der Waals surface area contributed by atoms with Gasteiger partial charge in [0.2, 0.25) is 0 Å². The van der Waals surface area contributed by atoms with Crippen LogP contribution in [0.5, 0.6) is 0 Å². The van der Waals surface area contributed by atoms with Gasteiger partial charge in [0.1, 0.15) is 0 Å². The number of non-ortho nitro benzene ring substituents is 1. The summed E-state index contributed by atoms with van der Waals surface area (Å²) in [5.74, 6) is 0. The van der Waals surface area contributed by atoms with Gasteiger partial charge in [-0.05, 0) is 35.4 Å². The van der Waals surface area contributed by atoms with Crippen molar-refractivity contribution in [2.45, 2.75) is 0 Å². The van der Waals surface area contributed by atoms with E-state index in [1.807, 2.05) is 30.4 Å². The van der Waals surface area contributed by atoms with E-state index in [4.69, 9.17) is 23.2 Å². The van der Waals surface area contributed by atoms with E-state index < -0.39 is 4.92 Å². The number of hydrogen-bond donors (Lipinski definition) is 0. The molecule has 0 amide bonds. The fraction of sp³-hybridized carbons (Fsp3) is 0. The van der Waals surface area contributed by atoms with Crippen molar-refractivity contribution in [2.24, 2.45) is 0 Å². The molecule has 0 aliphatic rings. The van der Waals surface area contributed by atoms with Gasteiger partial charge in [-0.3, -0.25) is 10.1 Å². The summed E-state index contributed by atoms with van der Waals surface area (Å²) in [6.45, 7) is 0. The zero-order chi connectivity index (χ0) is 15.2. The van der Waals surface area contributed by atoms with E-state index in [0.717, 1.165) is 11.1 Å². The minimum atomic E-state index is -0.421. The van der Waals surface area contributed by atoms with Crippen LogP contribution in [0.4, 0.5) is 5.69 Å². The Balaban J connectivity index is 2.04. The van der Waals surface area contributed by atoms with Gasteiger partial charge in [0.25, 0.3) is 5.69 Å². The Bertz CT molecular complexity index is 707. The Hall–Kier alpha value is -2.10. The first-order valence-electron chi connectivity index (χ1n) is 6.10. The first kappa shape index (κ1) is 15.3. The fourth-order valence-corrected chi connectivity index (χ4v) is 2.14. The normalized spacial score (nSPS) is 11.3. The van der Waals surface area contributed by atoms with Crippen LogP contribution < -0.4 is 0 Å². The highest BCUT2D eigenvalue weighted by Crippen LogP contribution is 2.22. The molecule has 0 unspecified atom stereocenters. The highest BCUT2D eigenvalue weighted by atomic mass is 35.5. The predicted octanol–water partition coefficient (Wildman–Crippen LogP) is 5.63. The average Bonchev–Trinajstić information content (AvgIpc) is 2.46. The molecule has 3 nitrogen and oxygen atoms in total. The lowest BCUT2D eigenvalue weighted by Gasteiger charge is -1.97. The van der Waals surface area contributed by atoms with Crippen LogP contribution in [0.3, 0.4) is 0 Å². The second-order valence-electron chi connectivity index (χ2n) is 4.23. The van der Waals surface area contributed by atoms with E-state index >= 15 is 0 Å². The summed E-state index contributed by atoms with van der Waals surface area (Å²) >= 11 is 11.9. The van der Waals surface area contributed by atoms with Crippen molar-refractivity contribution in [1.29, 1.82) is 0 Å². The molecule has 0 aromatic heterocycles. The number of benzene rings is 2. The molecule has 0 N–H and O–H groups in total. The van der Waals surface area contributed by atoms with Crippen molar-refractivity contribution in [1.82, 2.24) is 0 Å². The third kappa shape index (κ3) is 4.45. The van der Waals surface area contributed by atoms with Gasteiger partial charge in [-0.25, -0.2) is 0 Å². The molecule has 0 heterocycles.